The Bertz CT molecular complexity index is 865. The number of amidine groups is 1. The van der Waals surface area contributed by atoms with E-state index in [1.54, 1.807) is 26.1 Å². The molecule has 0 fully saturated rings. The number of aliphatic imine (C=N–C) groups is 1. The highest BCUT2D eigenvalue weighted by molar-refractivity contribution is 9.10. The second kappa shape index (κ2) is 7.45. The third kappa shape index (κ3) is 3.64. The zero-order valence-corrected chi connectivity index (χ0v) is 15.9. The maximum absolute atomic E-state index is 13.5. The van der Waals surface area contributed by atoms with Gasteiger partial charge in [0.15, 0.2) is 10.8 Å². The second-order valence-corrected chi connectivity index (χ2v) is 7.02. The zero-order valence-electron chi connectivity index (χ0n) is 13.5. The number of allylic oxidation sites excluding steroid dienone is 1. The number of aromatic nitrogens is 1. The largest absolute Gasteiger partial charge is 0.463 e. The van der Waals surface area contributed by atoms with Crippen molar-refractivity contribution >= 4 is 39.1 Å². The molecule has 1 aromatic carbocycles. The van der Waals surface area contributed by atoms with Gasteiger partial charge in [0.05, 0.1) is 12.2 Å². The number of ether oxygens (including phenoxy) is 1. The van der Waals surface area contributed by atoms with Crippen molar-refractivity contribution in [2.24, 2.45) is 4.99 Å². The molecule has 1 atom stereocenters. The second-order valence-electron chi connectivity index (χ2n) is 5.27. The van der Waals surface area contributed by atoms with Crippen molar-refractivity contribution in [1.82, 2.24) is 10.3 Å². The number of nitrogens with one attached hydrogen (secondary N) is 1. The van der Waals surface area contributed by atoms with Gasteiger partial charge in [0.25, 0.3) is 0 Å². The SMILES string of the molecule is CCOC(=O)C1=C(C)NC(c2nccs2)=N[C@H]1c1ccc(F)cc1Br. The van der Waals surface area contributed by atoms with Crippen molar-refractivity contribution in [3.05, 3.63) is 61.9 Å². The van der Waals surface area contributed by atoms with E-state index in [1.165, 1.54) is 23.5 Å². The Hall–Kier alpha value is -2.06. The summed E-state index contributed by atoms with van der Waals surface area (Å²) in [7, 11) is 0. The molecule has 0 radical (unpaired) electrons. The van der Waals surface area contributed by atoms with Crippen LogP contribution in [0.3, 0.4) is 0 Å². The number of halogens is 2. The normalized spacial score (nSPS) is 17.1. The molecule has 0 aliphatic carbocycles. The molecule has 0 amide bonds. The van der Waals surface area contributed by atoms with Crippen molar-refractivity contribution in [2.75, 3.05) is 6.61 Å². The summed E-state index contributed by atoms with van der Waals surface area (Å²) in [6.45, 7) is 3.80. The number of esters is 1. The number of benzene rings is 1. The van der Waals surface area contributed by atoms with E-state index in [9.17, 15) is 9.18 Å². The van der Waals surface area contributed by atoms with Gasteiger partial charge in [0, 0.05) is 21.7 Å². The van der Waals surface area contributed by atoms with Crippen LogP contribution >= 0.6 is 27.3 Å². The summed E-state index contributed by atoms with van der Waals surface area (Å²) in [6.07, 6.45) is 1.69. The third-order valence-corrected chi connectivity index (χ3v) is 5.10. The standard InChI is InChI=1S/C17H15BrFN3O2S/c1-3-24-17(23)13-9(2)21-15(16-20-6-7-25-16)22-14(13)11-5-4-10(19)8-12(11)18/h4-8,14H,3H2,1-2H3,(H,21,22)/t14-/m0/s1. The van der Waals surface area contributed by atoms with Crippen LogP contribution in [0.4, 0.5) is 4.39 Å². The Kier molecular flexibility index (Phi) is 5.29. The Balaban J connectivity index is 2.11. The average Bonchev–Trinajstić information content (AvgIpc) is 3.08. The van der Waals surface area contributed by atoms with Crippen LogP contribution in [-0.2, 0) is 9.53 Å². The average molecular weight is 424 g/mol. The molecular formula is C17H15BrFN3O2S. The number of hydrogen-bond acceptors (Lipinski definition) is 6. The van der Waals surface area contributed by atoms with Crippen molar-refractivity contribution in [2.45, 2.75) is 19.9 Å². The zero-order chi connectivity index (χ0) is 18.0. The lowest BCUT2D eigenvalue weighted by molar-refractivity contribution is -0.138. The smallest absolute Gasteiger partial charge is 0.338 e. The fraction of sp³-hybridized carbons (Fsp3) is 0.235. The van der Waals surface area contributed by atoms with E-state index in [0.29, 0.717) is 32.1 Å². The van der Waals surface area contributed by atoms with E-state index in [4.69, 9.17) is 4.74 Å². The topological polar surface area (TPSA) is 63.6 Å². The van der Waals surface area contributed by atoms with E-state index in [1.807, 2.05) is 5.38 Å². The minimum absolute atomic E-state index is 0.260. The van der Waals surface area contributed by atoms with Crippen LogP contribution in [0.25, 0.3) is 0 Å². The number of hydrogen-bond donors (Lipinski definition) is 1. The minimum atomic E-state index is -0.617. The lowest BCUT2D eigenvalue weighted by Crippen LogP contribution is -2.32. The van der Waals surface area contributed by atoms with E-state index in [2.05, 4.69) is 31.2 Å². The first-order chi connectivity index (χ1) is 12.0. The fourth-order valence-corrected chi connectivity index (χ4v) is 3.70. The molecule has 0 spiro atoms. The van der Waals surface area contributed by atoms with Crippen LogP contribution in [-0.4, -0.2) is 23.4 Å². The fourth-order valence-electron chi connectivity index (χ4n) is 2.55. The van der Waals surface area contributed by atoms with Gasteiger partial charge in [-0.3, -0.25) is 4.99 Å². The molecular weight excluding hydrogens is 409 g/mol. The molecule has 0 saturated carbocycles. The molecule has 0 unspecified atom stereocenters. The van der Waals surface area contributed by atoms with E-state index < -0.39 is 12.0 Å². The van der Waals surface area contributed by atoms with Crippen molar-refractivity contribution in [3.63, 3.8) is 0 Å². The molecule has 130 valence electrons. The molecule has 2 aromatic rings. The van der Waals surface area contributed by atoms with Crippen molar-refractivity contribution in [1.29, 1.82) is 0 Å². The Morgan fingerprint density at radius 1 is 1.48 bits per heavy atom. The van der Waals surface area contributed by atoms with Crippen LogP contribution in [0, 0.1) is 5.82 Å². The molecule has 1 N–H and O–H groups in total. The molecule has 3 rings (SSSR count). The molecule has 8 heteroatoms. The highest BCUT2D eigenvalue weighted by Gasteiger charge is 2.32. The highest BCUT2D eigenvalue weighted by Crippen LogP contribution is 2.36. The van der Waals surface area contributed by atoms with E-state index in [-0.39, 0.29) is 12.4 Å². The molecule has 0 saturated heterocycles. The first-order valence-electron chi connectivity index (χ1n) is 7.58. The van der Waals surface area contributed by atoms with Crippen LogP contribution in [0.15, 0.2) is 50.5 Å². The van der Waals surface area contributed by atoms with Crippen molar-refractivity contribution in [3.8, 4) is 0 Å². The maximum Gasteiger partial charge on any atom is 0.338 e. The van der Waals surface area contributed by atoms with Gasteiger partial charge < -0.3 is 10.1 Å². The predicted molar refractivity (Wildman–Crippen MR) is 98.0 cm³/mol. The van der Waals surface area contributed by atoms with Gasteiger partial charge in [0.1, 0.15) is 11.9 Å². The van der Waals surface area contributed by atoms with Gasteiger partial charge in [-0.2, -0.15) is 0 Å². The minimum Gasteiger partial charge on any atom is -0.463 e. The molecule has 1 aliphatic rings. The molecule has 2 heterocycles. The van der Waals surface area contributed by atoms with E-state index >= 15 is 0 Å². The number of carbonyl (C=O) groups excluding carboxylic acids is 1. The first kappa shape index (κ1) is 17.8. The monoisotopic (exact) mass is 423 g/mol. The van der Waals surface area contributed by atoms with Gasteiger partial charge in [-0.05, 0) is 31.5 Å². The number of thiazole rings is 1. The molecule has 0 bridgehead atoms. The Labute approximate surface area is 156 Å². The van der Waals surface area contributed by atoms with Gasteiger partial charge in [-0.1, -0.05) is 22.0 Å². The predicted octanol–water partition coefficient (Wildman–Crippen LogP) is 3.97. The summed E-state index contributed by atoms with van der Waals surface area (Å²) in [4.78, 5) is 21.4. The van der Waals surface area contributed by atoms with Crippen LogP contribution in [0.1, 0.15) is 30.5 Å². The lowest BCUT2D eigenvalue weighted by atomic mass is 9.96. The molecule has 1 aromatic heterocycles. The molecule has 5 nitrogen and oxygen atoms in total. The van der Waals surface area contributed by atoms with E-state index in [0.717, 1.165) is 0 Å². The quantitative estimate of drug-likeness (QED) is 0.755. The number of nitrogens with zero attached hydrogens (tertiary/aromatic N) is 2. The van der Waals surface area contributed by atoms with Gasteiger partial charge in [-0.25, -0.2) is 14.2 Å². The third-order valence-electron chi connectivity index (χ3n) is 3.63. The summed E-state index contributed by atoms with van der Waals surface area (Å²) >= 11 is 4.81. The van der Waals surface area contributed by atoms with Crippen LogP contribution in [0.2, 0.25) is 0 Å². The number of rotatable bonds is 4. The maximum atomic E-state index is 13.5. The summed E-state index contributed by atoms with van der Waals surface area (Å²) < 4.78 is 19.2. The molecule has 1 aliphatic heterocycles. The summed E-state index contributed by atoms with van der Waals surface area (Å²) in [5.74, 6) is -0.246. The first-order valence-corrected chi connectivity index (χ1v) is 9.26. The van der Waals surface area contributed by atoms with Gasteiger partial charge in [0.2, 0.25) is 0 Å². The number of carbonyl (C=O) groups is 1. The van der Waals surface area contributed by atoms with Gasteiger partial charge >= 0.3 is 5.97 Å². The highest BCUT2D eigenvalue weighted by atomic mass is 79.9. The summed E-state index contributed by atoms with van der Waals surface area (Å²) in [6, 6.07) is 3.70. The summed E-state index contributed by atoms with van der Waals surface area (Å²) in [5.41, 5.74) is 1.72. The molecule has 25 heavy (non-hydrogen) atoms. The van der Waals surface area contributed by atoms with Crippen LogP contribution < -0.4 is 5.32 Å². The Morgan fingerprint density at radius 2 is 2.28 bits per heavy atom. The lowest BCUT2D eigenvalue weighted by Gasteiger charge is -2.26. The van der Waals surface area contributed by atoms with Crippen molar-refractivity contribution < 1.29 is 13.9 Å². The van der Waals surface area contributed by atoms with Crippen LogP contribution in [0.5, 0.6) is 0 Å². The van der Waals surface area contributed by atoms with Gasteiger partial charge in [-0.15, -0.1) is 11.3 Å². The summed E-state index contributed by atoms with van der Waals surface area (Å²) in [5, 5.41) is 5.69. The Morgan fingerprint density at radius 3 is 2.92 bits per heavy atom.